The molecule has 1 aliphatic rings. The molecule has 1 aromatic rings. The molecule has 0 amide bonds. The van der Waals surface area contributed by atoms with E-state index < -0.39 is 0 Å². The first-order valence-electron chi connectivity index (χ1n) is 5.94. The molecular formula is C13H20N2O. The number of hydrogen-bond acceptors (Lipinski definition) is 3. The Labute approximate surface area is 97.2 Å². The fourth-order valence-electron chi connectivity index (χ4n) is 2.19. The van der Waals surface area contributed by atoms with Gasteiger partial charge in [-0.05, 0) is 37.5 Å². The molecule has 16 heavy (non-hydrogen) atoms. The van der Waals surface area contributed by atoms with E-state index >= 15 is 0 Å². The molecule has 0 spiro atoms. The lowest BCUT2D eigenvalue weighted by atomic mass is 10.1. The van der Waals surface area contributed by atoms with Gasteiger partial charge in [-0.15, -0.1) is 0 Å². The fraction of sp³-hybridized carbons (Fsp3) is 0.538. The summed E-state index contributed by atoms with van der Waals surface area (Å²) in [6.45, 7) is 7.73. The van der Waals surface area contributed by atoms with Gasteiger partial charge in [-0.2, -0.15) is 0 Å². The zero-order valence-corrected chi connectivity index (χ0v) is 10.1. The fourth-order valence-corrected chi connectivity index (χ4v) is 2.19. The van der Waals surface area contributed by atoms with Crippen molar-refractivity contribution in [2.24, 2.45) is 0 Å². The largest absolute Gasteiger partial charge is 0.398 e. The second kappa shape index (κ2) is 4.74. The quantitative estimate of drug-likeness (QED) is 0.623. The van der Waals surface area contributed by atoms with E-state index in [1.807, 2.05) is 6.92 Å². The van der Waals surface area contributed by atoms with Gasteiger partial charge in [0.05, 0.1) is 6.61 Å². The van der Waals surface area contributed by atoms with Gasteiger partial charge < -0.3 is 15.4 Å². The molecule has 3 nitrogen and oxygen atoms in total. The van der Waals surface area contributed by atoms with E-state index in [-0.39, 0.29) is 0 Å². The molecular weight excluding hydrogens is 200 g/mol. The highest BCUT2D eigenvalue weighted by Gasteiger charge is 2.19. The molecule has 0 bridgehead atoms. The number of fused-ring (bicyclic) bond motifs is 1. The van der Waals surface area contributed by atoms with Crippen LogP contribution in [0.1, 0.15) is 18.1 Å². The van der Waals surface area contributed by atoms with Crippen LogP contribution in [0, 0.1) is 6.92 Å². The molecule has 0 saturated heterocycles. The van der Waals surface area contributed by atoms with Gasteiger partial charge in [0.15, 0.2) is 0 Å². The average Bonchev–Trinajstić information content (AvgIpc) is 2.63. The zero-order valence-electron chi connectivity index (χ0n) is 10.1. The first kappa shape index (κ1) is 11.3. The Morgan fingerprint density at radius 2 is 2.25 bits per heavy atom. The van der Waals surface area contributed by atoms with Gasteiger partial charge >= 0.3 is 0 Å². The SMILES string of the molecule is CCOCCN1CCc2cc(C)c(N)cc21. The van der Waals surface area contributed by atoms with Gasteiger partial charge in [-0.25, -0.2) is 0 Å². The molecule has 2 rings (SSSR count). The van der Waals surface area contributed by atoms with Crippen molar-refractivity contribution < 1.29 is 4.74 Å². The number of nitrogens with zero attached hydrogens (tertiary/aromatic N) is 1. The number of rotatable bonds is 4. The Bertz CT molecular complexity index is 376. The summed E-state index contributed by atoms with van der Waals surface area (Å²) in [5.74, 6) is 0. The maximum absolute atomic E-state index is 5.95. The topological polar surface area (TPSA) is 38.5 Å². The second-order valence-electron chi connectivity index (χ2n) is 4.27. The molecule has 0 aromatic heterocycles. The summed E-state index contributed by atoms with van der Waals surface area (Å²) in [6.07, 6.45) is 1.13. The van der Waals surface area contributed by atoms with Gasteiger partial charge in [0.1, 0.15) is 0 Å². The van der Waals surface area contributed by atoms with Crippen molar-refractivity contribution in [2.75, 3.05) is 36.9 Å². The lowest BCUT2D eigenvalue weighted by Gasteiger charge is -2.19. The van der Waals surface area contributed by atoms with Gasteiger partial charge in [0.2, 0.25) is 0 Å². The van der Waals surface area contributed by atoms with Crippen LogP contribution in [0.3, 0.4) is 0 Å². The number of aryl methyl sites for hydroxylation is 1. The van der Waals surface area contributed by atoms with Crippen molar-refractivity contribution in [3.05, 3.63) is 23.3 Å². The smallest absolute Gasteiger partial charge is 0.0641 e. The molecule has 1 heterocycles. The van der Waals surface area contributed by atoms with Crippen molar-refractivity contribution >= 4 is 11.4 Å². The third-order valence-electron chi connectivity index (χ3n) is 3.17. The third kappa shape index (κ3) is 2.14. The Kier molecular flexibility index (Phi) is 3.34. The lowest BCUT2D eigenvalue weighted by molar-refractivity contribution is 0.154. The van der Waals surface area contributed by atoms with Crippen LogP contribution in [0.5, 0.6) is 0 Å². The molecule has 0 fully saturated rings. The summed E-state index contributed by atoms with van der Waals surface area (Å²) in [4.78, 5) is 2.36. The van der Waals surface area contributed by atoms with Crippen LogP contribution in [0.25, 0.3) is 0 Å². The van der Waals surface area contributed by atoms with Crippen molar-refractivity contribution in [2.45, 2.75) is 20.3 Å². The Morgan fingerprint density at radius 1 is 1.44 bits per heavy atom. The summed E-state index contributed by atoms with van der Waals surface area (Å²) in [5.41, 5.74) is 10.7. The number of ether oxygens (including phenoxy) is 1. The minimum atomic E-state index is 0.788. The van der Waals surface area contributed by atoms with Crippen LogP contribution in [0.2, 0.25) is 0 Å². The van der Waals surface area contributed by atoms with Crippen molar-refractivity contribution in [3.8, 4) is 0 Å². The standard InChI is InChI=1S/C13H20N2O/c1-3-16-7-6-15-5-4-11-8-10(2)12(14)9-13(11)15/h8-9H,3-7,14H2,1-2H3. The third-order valence-corrected chi connectivity index (χ3v) is 3.17. The minimum Gasteiger partial charge on any atom is -0.398 e. The van der Waals surface area contributed by atoms with E-state index in [2.05, 4.69) is 24.0 Å². The Balaban J connectivity index is 2.10. The van der Waals surface area contributed by atoms with E-state index in [1.165, 1.54) is 16.8 Å². The number of nitrogens with two attached hydrogens (primary N) is 1. The monoisotopic (exact) mass is 220 g/mol. The molecule has 0 radical (unpaired) electrons. The average molecular weight is 220 g/mol. The summed E-state index contributed by atoms with van der Waals surface area (Å²) in [6, 6.07) is 4.31. The van der Waals surface area contributed by atoms with E-state index in [4.69, 9.17) is 10.5 Å². The highest BCUT2D eigenvalue weighted by Crippen LogP contribution is 2.31. The van der Waals surface area contributed by atoms with Gasteiger partial charge in [0, 0.05) is 31.1 Å². The molecule has 1 aromatic carbocycles. The molecule has 0 aliphatic carbocycles. The van der Waals surface area contributed by atoms with E-state index in [0.29, 0.717) is 0 Å². The van der Waals surface area contributed by atoms with Crippen LogP contribution in [-0.4, -0.2) is 26.3 Å². The highest BCUT2D eigenvalue weighted by atomic mass is 16.5. The van der Waals surface area contributed by atoms with Gasteiger partial charge in [0.25, 0.3) is 0 Å². The van der Waals surface area contributed by atoms with Crippen molar-refractivity contribution in [3.63, 3.8) is 0 Å². The Morgan fingerprint density at radius 3 is 3.00 bits per heavy atom. The predicted molar refractivity (Wildman–Crippen MR) is 68.0 cm³/mol. The maximum atomic E-state index is 5.95. The zero-order chi connectivity index (χ0) is 11.5. The first-order chi connectivity index (χ1) is 7.72. The second-order valence-corrected chi connectivity index (χ2v) is 4.27. The summed E-state index contributed by atoms with van der Waals surface area (Å²) >= 11 is 0. The van der Waals surface area contributed by atoms with Crippen LogP contribution in [0.15, 0.2) is 12.1 Å². The minimum absolute atomic E-state index is 0.788. The molecule has 1 aliphatic heterocycles. The number of nitrogen functional groups attached to an aromatic ring is 1. The van der Waals surface area contributed by atoms with Crippen molar-refractivity contribution in [1.29, 1.82) is 0 Å². The number of hydrogen-bond donors (Lipinski definition) is 1. The molecule has 0 saturated carbocycles. The Hall–Kier alpha value is -1.22. The summed E-state index contributed by atoms with van der Waals surface area (Å²) in [5, 5.41) is 0. The highest BCUT2D eigenvalue weighted by molar-refractivity contribution is 5.67. The van der Waals surface area contributed by atoms with Crippen LogP contribution in [-0.2, 0) is 11.2 Å². The predicted octanol–water partition coefficient (Wildman–Crippen LogP) is 1.98. The van der Waals surface area contributed by atoms with E-state index in [0.717, 1.165) is 38.4 Å². The van der Waals surface area contributed by atoms with Crippen molar-refractivity contribution in [1.82, 2.24) is 0 Å². The lowest BCUT2D eigenvalue weighted by Crippen LogP contribution is -2.25. The van der Waals surface area contributed by atoms with Gasteiger partial charge in [-0.1, -0.05) is 6.07 Å². The molecule has 0 unspecified atom stereocenters. The summed E-state index contributed by atoms with van der Waals surface area (Å²) < 4.78 is 5.39. The van der Waals surface area contributed by atoms with Gasteiger partial charge in [-0.3, -0.25) is 0 Å². The molecule has 0 atom stereocenters. The molecule has 3 heteroatoms. The van der Waals surface area contributed by atoms with Crippen LogP contribution in [0.4, 0.5) is 11.4 Å². The molecule has 88 valence electrons. The summed E-state index contributed by atoms with van der Waals surface area (Å²) in [7, 11) is 0. The first-order valence-corrected chi connectivity index (χ1v) is 5.94. The molecule has 2 N–H and O–H groups in total. The number of benzene rings is 1. The van der Waals surface area contributed by atoms with E-state index in [9.17, 15) is 0 Å². The van der Waals surface area contributed by atoms with Crippen LogP contribution >= 0.6 is 0 Å². The number of anilines is 2. The van der Waals surface area contributed by atoms with E-state index in [1.54, 1.807) is 0 Å². The normalized spacial score (nSPS) is 14.2. The maximum Gasteiger partial charge on any atom is 0.0641 e. The van der Waals surface area contributed by atoms with Crippen LogP contribution < -0.4 is 10.6 Å².